The van der Waals surface area contributed by atoms with E-state index in [-0.39, 0.29) is 12.1 Å². The first-order valence-electron chi connectivity index (χ1n) is 14.5. The standard InChI is InChI=1S/C31H34F3N7O2/c1-43-29-17-35-24(16-36-29)19-38-12-10-25(11-13-38)41-27-5-3-2-4-26(27)37-30(41)28-20-39(21-42)14-15-40(28)18-22-6-8-23(9-7-22)31(32,33)34/h2-9,16-17,21,25,28H,10-15,18-20H2,1H3. The van der Waals surface area contributed by atoms with E-state index in [1.165, 1.54) is 12.1 Å². The van der Waals surface area contributed by atoms with Crippen LogP contribution in [-0.2, 0) is 24.1 Å². The second kappa shape index (κ2) is 12.3. The maximum Gasteiger partial charge on any atom is 0.416 e. The van der Waals surface area contributed by atoms with Crippen molar-refractivity contribution >= 4 is 17.4 Å². The number of rotatable bonds is 8. The Morgan fingerprint density at radius 2 is 1.72 bits per heavy atom. The molecule has 12 heteroatoms. The van der Waals surface area contributed by atoms with E-state index in [0.29, 0.717) is 38.6 Å². The molecule has 6 rings (SSSR count). The van der Waals surface area contributed by atoms with Gasteiger partial charge in [-0.05, 0) is 42.7 Å². The molecule has 0 N–H and O–H groups in total. The van der Waals surface area contributed by atoms with Crippen molar-refractivity contribution in [3.05, 3.63) is 83.6 Å². The summed E-state index contributed by atoms with van der Waals surface area (Å²) in [6.45, 7) is 4.53. The zero-order chi connectivity index (χ0) is 30.0. The van der Waals surface area contributed by atoms with Gasteiger partial charge in [-0.15, -0.1) is 0 Å². The van der Waals surface area contributed by atoms with E-state index < -0.39 is 11.7 Å². The molecule has 0 bridgehead atoms. The number of methoxy groups -OCH3 is 1. The lowest BCUT2D eigenvalue weighted by atomic mass is 10.0. The first kappa shape index (κ1) is 29.1. The summed E-state index contributed by atoms with van der Waals surface area (Å²) in [5, 5.41) is 0. The summed E-state index contributed by atoms with van der Waals surface area (Å²) in [6.07, 6.45) is 1.71. The lowest BCUT2D eigenvalue weighted by molar-refractivity contribution is -0.137. The van der Waals surface area contributed by atoms with Crippen LogP contribution in [0.4, 0.5) is 13.2 Å². The summed E-state index contributed by atoms with van der Waals surface area (Å²) in [4.78, 5) is 32.1. The fourth-order valence-electron chi connectivity index (χ4n) is 6.18. The van der Waals surface area contributed by atoms with E-state index in [2.05, 4.69) is 30.4 Å². The van der Waals surface area contributed by atoms with E-state index in [1.807, 2.05) is 18.2 Å². The third-order valence-corrected chi connectivity index (χ3v) is 8.46. The van der Waals surface area contributed by atoms with Gasteiger partial charge in [-0.3, -0.25) is 19.6 Å². The third kappa shape index (κ3) is 6.35. The zero-order valence-electron chi connectivity index (χ0n) is 24.0. The minimum Gasteiger partial charge on any atom is -0.480 e. The fourth-order valence-corrected chi connectivity index (χ4v) is 6.18. The summed E-state index contributed by atoms with van der Waals surface area (Å²) in [5.74, 6) is 1.38. The largest absolute Gasteiger partial charge is 0.480 e. The van der Waals surface area contributed by atoms with Crippen LogP contribution in [0, 0.1) is 0 Å². The van der Waals surface area contributed by atoms with Gasteiger partial charge in [0.1, 0.15) is 5.82 Å². The van der Waals surface area contributed by atoms with Crippen molar-refractivity contribution in [3.63, 3.8) is 0 Å². The lowest BCUT2D eigenvalue weighted by Gasteiger charge is -2.41. The fraction of sp³-hybridized carbons (Fsp3) is 0.419. The molecule has 0 saturated carbocycles. The van der Waals surface area contributed by atoms with Gasteiger partial charge in [0.15, 0.2) is 0 Å². The Morgan fingerprint density at radius 3 is 2.40 bits per heavy atom. The molecule has 2 aliphatic heterocycles. The first-order chi connectivity index (χ1) is 20.8. The normalized spacial score (nSPS) is 19.2. The third-order valence-electron chi connectivity index (χ3n) is 8.46. The van der Waals surface area contributed by atoms with Crippen LogP contribution in [0.5, 0.6) is 5.88 Å². The predicted octanol–water partition coefficient (Wildman–Crippen LogP) is 4.71. The number of carbonyl (C=O) groups is 1. The van der Waals surface area contributed by atoms with E-state index in [4.69, 9.17) is 9.72 Å². The molecule has 4 heterocycles. The molecule has 2 aliphatic rings. The number of hydrogen-bond donors (Lipinski definition) is 0. The van der Waals surface area contributed by atoms with Crippen molar-refractivity contribution in [2.45, 2.75) is 44.2 Å². The Hall–Kier alpha value is -4.03. The van der Waals surface area contributed by atoms with Crippen molar-refractivity contribution in [2.75, 3.05) is 39.8 Å². The van der Waals surface area contributed by atoms with Crippen LogP contribution < -0.4 is 4.74 Å². The SMILES string of the molecule is COc1cnc(CN2CCC(n3c(C4CN(C=O)CCN4Cc4ccc(C(F)(F)F)cc4)nc4ccccc43)CC2)cn1. The average Bonchev–Trinajstić information content (AvgIpc) is 3.41. The Labute approximate surface area is 247 Å². The Morgan fingerprint density at radius 1 is 0.953 bits per heavy atom. The van der Waals surface area contributed by atoms with Gasteiger partial charge < -0.3 is 14.2 Å². The van der Waals surface area contributed by atoms with Crippen molar-refractivity contribution in [3.8, 4) is 5.88 Å². The first-order valence-corrected chi connectivity index (χ1v) is 14.5. The highest BCUT2D eigenvalue weighted by Gasteiger charge is 2.35. The highest BCUT2D eigenvalue weighted by atomic mass is 19.4. The molecule has 0 radical (unpaired) electrons. The number of halogens is 3. The van der Waals surface area contributed by atoms with E-state index in [1.54, 1.807) is 24.4 Å². The van der Waals surface area contributed by atoms with Crippen molar-refractivity contribution in [2.24, 2.45) is 0 Å². The molecule has 1 atom stereocenters. The zero-order valence-corrected chi connectivity index (χ0v) is 24.0. The monoisotopic (exact) mass is 593 g/mol. The number of para-hydroxylation sites is 2. The minimum atomic E-state index is -4.38. The summed E-state index contributed by atoms with van der Waals surface area (Å²) >= 11 is 0. The smallest absolute Gasteiger partial charge is 0.416 e. The average molecular weight is 594 g/mol. The highest BCUT2D eigenvalue weighted by Crippen LogP contribution is 2.36. The van der Waals surface area contributed by atoms with E-state index >= 15 is 0 Å². The Kier molecular flexibility index (Phi) is 8.31. The molecule has 2 saturated heterocycles. The highest BCUT2D eigenvalue weighted by molar-refractivity contribution is 5.76. The molecule has 43 heavy (non-hydrogen) atoms. The maximum atomic E-state index is 13.2. The molecular weight excluding hydrogens is 559 g/mol. The second-order valence-corrected chi connectivity index (χ2v) is 11.2. The number of likely N-dealkylation sites (tertiary alicyclic amines) is 1. The number of alkyl halides is 3. The molecule has 2 aromatic carbocycles. The minimum absolute atomic E-state index is 0.207. The van der Waals surface area contributed by atoms with Crippen LogP contribution in [0.15, 0.2) is 60.9 Å². The molecule has 2 fully saturated rings. The molecule has 0 aliphatic carbocycles. The lowest BCUT2D eigenvalue weighted by Crippen LogP contribution is -2.48. The van der Waals surface area contributed by atoms with Crippen LogP contribution in [0.1, 0.15) is 47.6 Å². The number of carbonyl (C=O) groups excluding carboxylic acids is 1. The van der Waals surface area contributed by atoms with Gasteiger partial charge in [0.2, 0.25) is 12.3 Å². The van der Waals surface area contributed by atoms with Gasteiger partial charge in [-0.25, -0.2) is 9.97 Å². The van der Waals surface area contributed by atoms with Crippen LogP contribution in [0.3, 0.4) is 0 Å². The molecule has 2 aromatic heterocycles. The van der Waals surface area contributed by atoms with Crippen LogP contribution >= 0.6 is 0 Å². The molecule has 0 spiro atoms. The Bertz CT molecular complexity index is 1530. The number of ether oxygens (including phenoxy) is 1. The van der Waals surface area contributed by atoms with Gasteiger partial charge in [0.05, 0.1) is 47.8 Å². The Balaban J connectivity index is 1.25. The number of benzene rings is 2. The number of piperazine rings is 1. The summed E-state index contributed by atoms with van der Waals surface area (Å²) in [6, 6.07) is 13.4. The predicted molar refractivity (Wildman–Crippen MR) is 154 cm³/mol. The topological polar surface area (TPSA) is 79.6 Å². The van der Waals surface area contributed by atoms with Gasteiger partial charge in [-0.2, -0.15) is 13.2 Å². The van der Waals surface area contributed by atoms with Crippen molar-refractivity contribution in [1.29, 1.82) is 0 Å². The van der Waals surface area contributed by atoms with Gasteiger partial charge >= 0.3 is 6.18 Å². The van der Waals surface area contributed by atoms with Crippen LogP contribution in [-0.4, -0.2) is 80.5 Å². The quantitative estimate of drug-likeness (QED) is 0.274. The number of nitrogens with zero attached hydrogens (tertiary/aromatic N) is 7. The van der Waals surface area contributed by atoms with E-state index in [0.717, 1.165) is 72.6 Å². The summed E-state index contributed by atoms with van der Waals surface area (Å²) in [5.41, 5.74) is 2.96. The number of piperidine rings is 1. The molecule has 9 nitrogen and oxygen atoms in total. The summed E-state index contributed by atoms with van der Waals surface area (Å²) < 4.78 is 46.9. The molecule has 4 aromatic rings. The van der Waals surface area contributed by atoms with Gasteiger partial charge in [0.25, 0.3) is 0 Å². The molecule has 1 amide bonds. The number of fused-ring (bicyclic) bond motifs is 1. The molecule has 1 unspecified atom stereocenters. The van der Waals surface area contributed by atoms with Gasteiger partial charge in [-0.1, -0.05) is 24.3 Å². The molecule has 226 valence electrons. The van der Waals surface area contributed by atoms with Crippen molar-refractivity contribution < 1.29 is 22.7 Å². The van der Waals surface area contributed by atoms with Crippen LogP contribution in [0.25, 0.3) is 11.0 Å². The number of aromatic nitrogens is 4. The number of hydrogen-bond acceptors (Lipinski definition) is 7. The van der Waals surface area contributed by atoms with Crippen LogP contribution in [0.2, 0.25) is 0 Å². The number of imidazole rings is 1. The van der Waals surface area contributed by atoms with Gasteiger partial charge in [0, 0.05) is 51.9 Å². The van der Waals surface area contributed by atoms with Crippen molar-refractivity contribution in [1.82, 2.24) is 34.2 Å². The number of amides is 1. The second-order valence-electron chi connectivity index (χ2n) is 11.2. The molecular formula is C31H34F3N7O2. The van der Waals surface area contributed by atoms with E-state index in [9.17, 15) is 18.0 Å². The maximum absolute atomic E-state index is 13.2. The summed E-state index contributed by atoms with van der Waals surface area (Å²) in [7, 11) is 1.57.